The number of hydrogen-bond donors (Lipinski definition) is 2. The van der Waals surface area contributed by atoms with E-state index in [1.165, 1.54) is 24.7 Å². The zero-order chi connectivity index (χ0) is 18.1. The summed E-state index contributed by atoms with van der Waals surface area (Å²) in [5.74, 6) is -0.432. The molecule has 132 valence electrons. The Morgan fingerprint density at radius 1 is 1.31 bits per heavy atom. The van der Waals surface area contributed by atoms with Gasteiger partial charge in [-0.25, -0.2) is 19.3 Å². The fourth-order valence-corrected chi connectivity index (χ4v) is 4.20. The molecule has 26 heavy (non-hydrogen) atoms. The number of anilines is 1. The molecule has 0 spiro atoms. The average molecular weight is 369 g/mol. The molecule has 0 aliphatic heterocycles. The third-order valence-electron chi connectivity index (χ3n) is 4.34. The number of aryl methyl sites for hydroxylation is 1. The summed E-state index contributed by atoms with van der Waals surface area (Å²) in [6.45, 7) is 0. The monoisotopic (exact) mass is 369 g/mol. The number of carbonyl (C=O) groups is 1. The Morgan fingerprint density at radius 2 is 2.12 bits per heavy atom. The first kappa shape index (κ1) is 16.6. The number of nitrogens with two attached hydrogens (primary N) is 1. The molecule has 4 rings (SSSR count). The maximum absolute atomic E-state index is 13.1. The fourth-order valence-electron chi connectivity index (χ4n) is 3.02. The highest BCUT2D eigenvalue weighted by atomic mass is 32.1. The summed E-state index contributed by atoms with van der Waals surface area (Å²) in [4.78, 5) is 26.1. The van der Waals surface area contributed by atoms with E-state index in [0.717, 1.165) is 40.4 Å². The number of fused-ring (bicyclic) bond motifs is 1. The molecule has 6 nitrogen and oxygen atoms in total. The van der Waals surface area contributed by atoms with E-state index in [-0.39, 0.29) is 29.1 Å². The minimum absolute atomic E-state index is 0.152. The predicted molar refractivity (Wildman–Crippen MR) is 97.1 cm³/mol. The molecule has 0 radical (unpaired) electrons. The van der Waals surface area contributed by atoms with Crippen molar-refractivity contribution in [2.75, 3.05) is 5.73 Å². The SMILES string of the molecule is Nc1ncncc1C(=O)NC1CCCc2sc(-c3ccc(F)cc3)nc21. The lowest BCUT2D eigenvalue weighted by molar-refractivity contribution is 0.0932. The first-order chi connectivity index (χ1) is 12.6. The lowest BCUT2D eigenvalue weighted by Gasteiger charge is -2.22. The number of carbonyl (C=O) groups excluding carboxylic acids is 1. The summed E-state index contributed by atoms with van der Waals surface area (Å²) in [5.41, 5.74) is 7.77. The molecule has 3 N–H and O–H groups in total. The highest BCUT2D eigenvalue weighted by Gasteiger charge is 2.27. The van der Waals surface area contributed by atoms with Crippen LogP contribution in [0.1, 0.15) is 39.8 Å². The van der Waals surface area contributed by atoms with Gasteiger partial charge in [0.15, 0.2) is 0 Å². The van der Waals surface area contributed by atoms with Gasteiger partial charge in [-0.2, -0.15) is 0 Å². The van der Waals surface area contributed by atoms with Crippen molar-refractivity contribution >= 4 is 23.1 Å². The van der Waals surface area contributed by atoms with Crippen LogP contribution in [0.3, 0.4) is 0 Å². The van der Waals surface area contributed by atoms with Crippen LogP contribution in [0.25, 0.3) is 10.6 Å². The van der Waals surface area contributed by atoms with Gasteiger partial charge in [-0.1, -0.05) is 0 Å². The third-order valence-corrected chi connectivity index (χ3v) is 5.52. The second-order valence-corrected chi connectivity index (χ2v) is 7.16. The van der Waals surface area contributed by atoms with Gasteiger partial charge in [0.25, 0.3) is 5.91 Å². The van der Waals surface area contributed by atoms with Gasteiger partial charge in [0, 0.05) is 16.6 Å². The highest BCUT2D eigenvalue weighted by molar-refractivity contribution is 7.15. The molecular weight excluding hydrogens is 353 g/mol. The quantitative estimate of drug-likeness (QED) is 0.740. The Kier molecular flexibility index (Phi) is 4.34. The van der Waals surface area contributed by atoms with Crippen molar-refractivity contribution in [3.63, 3.8) is 0 Å². The molecule has 0 saturated carbocycles. The van der Waals surface area contributed by atoms with Gasteiger partial charge < -0.3 is 11.1 Å². The summed E-state index contributed by atoms with van der Waals surface area (Å²) < 4.78 is 13.1. The van der Waals surface area contributed by atoms with Crippen molar-refractivity contribution in [3.05, 3.63) is 58.7 Å². The highest BCUT2D eigenvalue weighted by Crippen LogP contribution is 2.37. The van der Waals surface area contributed by atoms with Crippen molar-refractivity contribution in [2.24, 2.45) is 0 Å². The smallest absolute Gasteiger partial charge is 0.257 e. The molecule has 0 bridgehead atoms. The van der Waals surface area contributed by atoms with Gasteiger partial charge in [-0.15, -0.1) is 11.3 Å². The summed E-state index contributed by atoms with van der Waals surface area (Å²) in [6, 6.07) is 6.10. The molecule has 2 aromatic heterocycles. The number of amides is 1. The van der Waals surface area contributed by atoms with E-state index in [4.69, 9.17) is 10.7 Å². The average Bonchev–Trinajstić information content (AvgIpc) is 3.08. The van der Waals surface area contributed by atoms with Crippen LogP contribution in [0.5, 0.6) is 0 Å². The molecule has 1 aromatic carbocycles. The number of thiazole rings is 1. The van der Waals surface area contributed by atoms with Crippen LogP contribution >= 0.6 is 11.3 Å². The van der Waals surface area contributed by atoms with Gasteiger partial charge in [0.2, 0.25) is 0 Å². The van der Waals surface area contributed by atoms with Crippen molar-refractivity contribution in [2.45, 2.75) is 25.3 Å². The molecule has 1 atom stereocenters. The first-order valence-electron chi connectivity index (χ1n) is 8.23. The van der Waals surface area contributed by atoms with Crippen LogP contribution in [-0.2, 0) is 6.42 Å². The van der Waals surface area contributed by atoms with E-state index in [1.54, 1.807) is 23.5 Å². The minimum atomic E-state index is -0.308. The van der Waals surface area contributed by atoms with Crippen molar-refractivity contribution in [3.8, 4) is 10.6 Å². The Bertz CT molecular complexity index is 956. The maximum Gasteiger partial charge on any atom is 0.257 e. The zero-order valence-electron chi connectivity index (χ0n) is 13.8. The van der Waals surface area contributed by atoms with E-state index in [1.807, 2.05) is 0 Å². The summed E-state index contributed by atoms with van der Waals surface area (Å²) >= 11 is 1.59. The van der Waals surface area contributed by atoms with Crippen molar-refractivity contribution < 1.29 is 9.18 Å². The number of nitrogen functional groups attached to an aromatic ring is 1. The fraction of sp³-hybridized carbons (Fsp3) is 0.222. The van der Waals surface area contributed by atoms with Gasteiger partial charge in [-0.3, -0.25) is 4.79 Å². The third kappa shape index (κ3) is 3.15. The molecule has 1 amide bonds. The number of hydrogen-bond acceptors (Lipinski definition) is 6. The summed E-state index contributed by atoms with van der Waals surface area (Å²) in [5, 5.41) is 3.82. The molecule has 0 fully saturated rings. The summed E-state index contributed by atoms with van der Waals surface area (Å²) in [6.07, 6.45) is 5.41. The second-order valence-electron chi connectivity index (χ2n) is 6.07. The summed E-state index contributed by atoms with van der Waals surface area (Å²) in [7, 11) is 0. The molecule has 1 unspecified atom stereocenters. The lowest BCUT2D eigenvalue weighted by atomic mass is 9.97. The van der Waals surface area contributed by atoms with Crippen molar-refractivity contribution in [1.29, 1.82) is 0 Å². The van der Waals surface area contributed by atoms with E-state index in [2.05, 4.69) is 15.3 Å². The van der Waals surface area contributed by atoms with Crippen LogP contribution in [-0.4, -0.2) is 20.9 Å². The maximum atomic E-state index is 13.1. The Balaban J connectivity index is 1.60. The van der Waals surface area contributed by atoms with Crippen LogP contribution in [0.4, 0.5) is 10.2 Å². The van der Waals surface area contributed by atoms with Crippen LogP contribution in [0, 0.1) is 5.82 Å². The Labute approximate surface area is 153 Å². The molecule has 0 saturated heterocycles. The number of aromatic nitrogens is 3. The number of nitrogens with zero attached hydrogens (tertiary/aromatic N) is 3. The molecular formula is C18H16FN5OS. The number of rotatable bonds is 3. The first-order valence-corrected chi connectivity index (χ1v) is 9.05. The lowest BCUT2D eigenvalue weighted by Crippen LogP contribution is -2.31. The molecule has 8 heteroatoms. The number of halogens is 1. The van der Waals surface area contributed by atoms with E-state index < -0.39 is 0 Å². The standard InChI is InChI=1S/C18H16FN5OS/c19-11-6-4-10(5-7-11)18-24-15-13(2-1-3-14(15)26-18)23-17(25)12-8-21-9-22-16(12)20/h4-9,13H,1-3H2,(H,23,25)(H2,20,21,22). The van der Waals surface area contributed by atoms with Crippen molar-refractivity contribution in [1.82, 2.24) is 20.3 Å². The topological polar surface area (TPSA) is 93.8 Å². The van der Waals surface area contributed by atoms with Gasteiger partial charge in [-0.05, 0) is 43.5 Å². The molecule has 1 aliphatic rings. The van der Waals surface area contributed by atoms with Gasteiger partial charge in [0.1, 0.15) is 23.0 Å². The van der Waals surface area contributed by atoms with Crippen LogP contribution in [0.2, 0.25) is 0 Å². The molecule has 3 aromatic rings. The Hall–Kier alpha value is -2.87. The predicted octanol–water partition coefficient (Wildman–Crippen LogP) is 3.13. The largest absolute Gasteiger partial charge is 0.383 e. The normalized spacial score (nSPS) is 16.1. The van der Waals surface area contributed by atoms with E-state index in [9.17, 15) is 9.18 Å². The van der Waals surface area contributed by atoms with Gasteiger partial charge in [0.05, 0.1) is 17.3 Å². The number of nitrogens with one attached hydrogen (secondary N) is 1. The van der Waals surface area contributed by atoms with E-state index in [0.29, 0.717) is 0 Å². The zero-order valence-corrected chi connectivity index (χ0v) is 14.6. The van der Waals surface area contributed by atoms with E-state index >= 15 is 0 Å². The second kappa shape index (κ2) is 6.80. The molecule has 2 heterocycles. The number of benzene rings is 1. The Morgan fingerprint density at radius 3 is 2.88 bits per heavy atom. The van der Waals surface area contributed by atoms with Crippen LogP contribution < -0.4 is 11.1 Å². The van der Waals surface area contributed by atoms with Gasteiger partial charge >= 0.3 is 0 Å². The molecule has 1 aliphatic carbocycles. The van der Waals surface area contributed by atoms with Crippen LogP contribution in [0.15, 0.2) is 36.8 Å². The minimum Gasteiger partial charge on any atom is -0.383 e.